The summed E-state index contributed by atoms with van der Waals surface area (Å²) in [5.41, 5.74) is 1.91. The predicted octanol–water partition coefficient (Wildman–Crippen LogP) is 3.13. The first-order valence-corrected chi connectivity index (χ1v) is 9.96. The molecule has 2 saturated heterocycles. The molecule has 0 aliphatic carbocycles. The van der Waals surface area contributed by atoms with Crippen LogP contribution in [0.5, 0.6) is 0 Å². The maximum absolute atomic E-state index is 12.9. The fourth-order valence-corrected chi connectivity index (χ4v) is 3.96. The van der Waals surface area contributed by atoms with Gasteiger partial charge in [-0.2, -0.15) is 0 Å². The first-order chi connectivity index (χ1) is 14.1. The molecule has 0 bridgehead atoms. The number of carbonyl (C=O) groups is 2. The summed E-state index contributed by atoms with van der Waals surface area (Å²) < 4.78 is 10.5. The Hall–Kier alpha value is -2.93. The number of carbonyl (C=O) groups excluding carboxylic acids is 2. The van der Waals surface area contributed by atoms with E-state index in [0.717, 1.165) is 39.1 Å². The minimum atomic E-state index is -0.375. The molecule has 152 valence electrons. The molecule has 1 N–H and O–H groups in total. The van der Waals surface area contributed by atoms with Gasteiger partial charge >= 0.3 is 5.97 Å². The third-order valence-corrected chi connectivity index (χ3v) is 5.59. The molecule has 0 radical (unpaired) electrons. The van der Waals surface area contributed by atoms with E-state index in [2.05, 4.69) is 15.2 Å². The Morgan fingerprint density at radius 3 is 2.59 bits per heavy atom. The van der Waals surface area contributed by atoms with Gasteiger partial charge in [-0.25, -0.2) is 9.78 Å². The average molecular weight is 395 g/mol. The molecule has 1 spiro atoms. The standard InChI is InChI=1S/C22H25N3O4/c1-2-29-21(27)16-5-7-17(8-6-16)24-20(26)18-4-3-11-23-19(18)25-14-22(15-25)9-12-28-13-10-22/h3-8,11H,2,9-10,12-15H2,1H3,(H,24,26). The molecule has 0 unspecified atom stereocenters. The van der Waals surface area contributed by atoms with Crippen LogP contribution in [0.1, 0.15) is 40.5 Å². The Morgan fingerprint density at radius 1 is 1.17 bits per heavy atom. The third-order valence-electron chi connectivity index (χ3n) is 5.59. The van der Waals surface area contributed by atoms with Gasteiger partial charge in [0.05, 0.1) is 17.7 Å². The highest BCUT2D eigenvalue weighted by Gasteiger charge is 2.45. The normalized spacial score (nSPS) is 17.5. The highest BCUT2D eigenvalue weighted by atomic mass is 16.5. The molecule has 7 nitrogen and oxygen atoms in total. The lowest BCUT2D eigenvalue weighted by molar-refractivity contribution is -0.000510. The van der Waals surface area contributed by atoms with Crippen LogP contribution < -0.4 is 10.2 Å². The minimum absolute atomic E-state index is 0.218. The van der Waals surface area contributed by atoms with Crippen LogP contribution in [0.3, 0.4) is 0 Å². The fourth-order valence-electron chi connectivity index (χ4n) is 3.96. The second-order valence-electron chi connectivity index (χ2n) is 7.59. The van der Waals surface area contributed by atoms with E-state index in [9.17, 15) is 9.59 Å². The zero-order valence-electron chi connectivity index (χ0n) is 16.5. The van der Waals surface area contributed by atoms with Crippen LogP contribution in [0.25, 0.3) is 0 Å². The van der Waals surface area contributed by atoms with Crippen LogP contribution in [-0.2, 0) is 9.47 Å². The largest absolute Gasteiger partial charge is 0.462 e. The van der Waals surface area contributed by atoms with E-state index < -0.39 is 0 Å². The summed E-state index contributed by atoms with van der Waals surface area (Å²) in [7, 11) is 0. The Bertz CT molecular complexity index is 883. The number of ether oxygens (including phenoxy) is 2. The molecule has 2 fully saturated rings. The van der Waals surface area contributed by atoms with Gasteiger partial charge in [-0.05, 0) is 56.2 Å². The lowest BCUT2D eigenvalue weighted by atomic mass is 9.73. The number of nitrogens with one attached hydrogen (secondary N) is 1. The third kappa shape index (κ3) is 4.10. The fraction of sp³-hybridized carbons (Fsp3) is 0.409. The van der Waals surface area contributed by atoms with E-state index in [4.69, 9.17) is 9.47 Å². The van der Waals surface area contributed by atoms with Gasteiger partial charge in [0.15, 0.2) is 0 Å². The Balaban J connectivity index is 1.44. The topological polar surface area (TPSA) is 80.8 Å². The van der Waals surface area contributed by atoms with Crippen molar-refractivity contribution in [1.82, 2.24) is 4.98 Å². The van der Waals surface area contributed by atoms with Gasteiger partial charge in [0.2, 0.25) is 0 Å². The number of amides is 1. The van der Waals surface area contributed by atoms with Gasteiger partial charge in [0, 0.05) is 43.6 Å². The van der Waals surface area contributed by atoms with Crippen molar-refractivity contribution < 1.29 is 19.1 Å². The van der Waals surface area contributed by atoms with E-state index in [0.29, 0.717) is 34.7 Å². The van der Waals surface area contributed by atoms with Crippen molar-refractivity contribution in [3.05, 3.63) is 53.7 Å². The molecule has 4 rings (SSSR count). The van der Waals surface area contributed by atoms with Crippen molar-refractivity contribution >= 4 is 23.4 Å². The van der Waals surface area contributed by atoms with Crippen molar-refractivity contribution in [2.45, 2.75) is 19.8 Å². The number of pyridine rings is 1. The van der Waals surface area contributed by atoms with Crippen molar-refractivity contribution in [2.24, 2.45) is 5.41 Å². The molecule has 1 aromatic heterocycles. The van der Waals surface area contributed by atoms with Gasteiger partial charge in [-0.3, -0.25) is 4.79 Å². The summed E-state index contributed by atoms with van der Waals surface area (Å²) in [5, 5.41) is 2.89. The van der Waals surface area contributed by atoms with Crippen LogP contribution in [0.4, 0.5) is 11.5 Å². The van der Waals surface area contributed by atoms with Crippen molar-refractivity contribution in [3.63, 3.8) is 0 Å². The van der Waals surface area contributed by atoms with Crippen LogP contribution >= 0.6 is 0 Å². The highest BCUT2D eigenvalue weighted by molar-refractivity contribution is 6.07. The maximum Gasteiger partial charge on any atom is 0.338 e. The van der Waals surface area contributed by atoms with E-state index in [-0.39, 0.29) is 11.9 Å². The Labute approximate surface area is 170 Å². The predicted molar refractivity (Wildman–Crippen MR) is 109 cm³/mol. The van der Waals surface area contributed by atoms with Crippen LogP contribution in [-0.4, -0.2) is 49.8 Å². The number of benzene rings is 1. The van der Waals surface area contributed by atoms with Gasteiger partial charge in [-0.1, -0.05) is 0 Å². The molecule has 2 aliphatic rings. The lowest BCUT2D eigenvalue weighted by Gasteiger charge is -2.53. The number of rotatable bonds is 5. The Morgan fingerprint density at radius 2 is 1.90 bits per heavy atom. The molecular formula is C22H25N3O4. The van der Waals surface area contributed by atoms with Crippen LogP contribution in [0.15, 0.2) is 42.6 Å². The first kappa shape index (κ1) is 19.4. The van der Waals surface area contributed by atoms with Gasteiger partial charge < -0.3 is 19.7 Å². The summed E-state index contributed by atoms with van der Waals surface area (Å²) in [4.78, 5) is 31.3. The molecule has 2 aromatic rings. The van der Waals surface area contributed by atoms with E-state index in [1.165, 1.54) is 0 Å². The number of nitrogens with zero attached hydrogens (tertiary/aromatic N) is 2. The summed E-state index contributed by atoms with van der Waals surface area (Å²) in [5.74, 6) is 0.120. The quantitative estimate of drug-likeness (QED) is 0.784. The number of aromatic nitrogens is 1. The molecule has 2 aliphatic heterocycles. The number of hydrogen-bond acceptors (Lipinski definition) is 6. The summed E-state index contributed by atoms with van der Waals surface area (Å²) in [6.07, 6.45) is 3.84. The van der Waals surface area contributed by atoms with Crippen LogP contribution in [0.2, 0.25) is 0 Å². The summed E-state index contributed by atoms with van der Waals surface area (Å²) in [6.45, 7) is 5.52. The molecule has 29 heavy (non-hydrogen) atoms. The zero-order valence-corrected chi connectivity index (χ0v) is 16.5. The molecule has 3 heterocycles. The van der Waals surface area contributed by atoms with E-state index >= 15 is 0 Å². The SMILES string of the molecule is CCOC(=O)c1ccc(NC(=O)c2cccnc2N2CC3(CCOCC3)C2)cc1. The molecule has 7 heteroatoms. The lowest BCUT2D eigenvalue weighted by Crippen LogP contribution is -2.59. The average Bonchev–Trinajstić information content (AvgIpc) is 2.73. The van der Waals surface area contributed by atoms with E-state index in [1.54, 1.807) is 49.5 Å². The Kier molecular flexibility index (Phi) is 5.49. The summed E-state index contributed by atoms with van der Waals surface area (Å²) in [6, 6.07) is 10.2. The number of esters is 1. The minimum Gasteiger partial charge on any atom is -0.462 e. The first-order valence-electron chi connectivity index (χ1n) is 9.96. The van der Waals surface area contributed by atoms with Gasteiger partial charge in [0.25, 0.3) is 5.91 Å². The van der Waals surface area contributed by atoms with E-state index in [1.807, 2.05) is 0 Å². The van der Waals surface area contributed by atoms with Crippen molar-refractivity contribution in [3.8, 4) is 0 Å². The smallest absolute Gasteiger partial charge is 0.338 e. The van der Waals surface area contributed by atoms with Gasteiger partial charge in [0.1, 0.15) is 5.82 Å². The molecule has 0 atom stereocenters. The molecule has 0 saturated carbocycles. The monoisotopic (exact) mass is 395 g/mol. The molecule has 1 aromatic carbocycles. The summed E-state index contributed by atoms with van der Waals surface area (Å²) >= 11 is 0. The number of anilines is 2. The highest BCUT2D eigenvalue weighted by Crippen LogP contribution is 2.42. The zero-order chi connectivity index (χ0) is 20.3. The maximum atomic E-state index is 12.9. The second kappa shape index (κ2) is 8.21. The van der Waals surface area contributed by atoms with Crippen molar-refractivity contribution in [1.29, 1.82) is 0 Å². The second-order valence-corrected chi connectivity index (χ2v) is 7.59. The number of hydrogen-bond donors (Lipinski definition) is 1. The molecule has 1 amide bonds. The molecular weight excluding hydrogens is 370 g/mol. The van der Waals surface area contributed by atoms with Crippen LogP contribution in [0, 0.1) is 5.41 Å². The van der Waals surface area contributed by atoms with Gasteiger partial charge in [-0.15, -0.1) is 0 Å². The van der Waals surface area contributed by atoms with Crippen molar-refractivity contribution in [2.75, 3.05) is 43.1 Å².